The van der Waals surface area contributed by atoms with Crippen molar-refractivity contribution in [3.05, 3.63) is 47.6 Å². The number of carbonyl (C=O) groups excluding carboxylic acids is 2. The van der Waals surface area contributed by atoms with E-state index in [-0.39, 0.29) is 42.2 Å². The maximum Gasteiger partial charge on any atom is 0.313 e. The van der Waals surface area contributed by atoms with Crippen LogP contribution in [0.1, 0.15) is 60.8 Å². The number of cyclic esters (lactones) is 1. The van der Waals surface area contributed by atoms with Crippen LogP contribution in [-0.4, -0.2) is 40.8 Å². The van der Waals surface area contributed by atoms with Crippen molar-refractivity contribution in [2.24, 2.45) is 23.7 Å². The van der Waals surface area contributed by atoms with Crippen molar-refractivity contribution >= 4 is 11.8 Å². The van der Waals surface area contributed by atoms with Gasteiger partial charge in [-0.3, -0.25) is 9.59 Å². The van der Waals surface area contributed by atoms with Crippen molar-refractivity contribution in [2.75, 3.05) is 6.61 Å². The van der Waals surface area contributed by atoms with Crippen LogP contribution in [0, 0.1) is 23.7 Å². The zero-order valence-corrected chi connectivity index (χ0v) is 19.9. The molecular weight excluding hydrogens is 392 g/mol. The van der Waals surface area contributed by atoms with Gasteiger partial charge >= 0.3 is 5.97 Å². The summed E-state index contributed by atoms with van der Waals surface area (Å²) in [5.74, 6) is -1.01. The van der Waals surface area contributed by atoms with E-state index in [0.29, 0.717) is 0 Å². The van der Waals surface area contributed by atoms with Crippen molar-refractivity contribution < 1.29 is 24.5 Å². The van der Waals surface area contributed by atoms with Crippen LogP contribution in [0.3, 0.4) is 0 Å². The normalized spacial score (nSPS) is 25.8. The maximum absolute atomic E-state index is 12.5. The summed E-state index contributed by atoms with van der Waals surface area (Å²) >= 11 is 0. The molecule has 0 radical (unpaired) electrons. The Morgan fingerprint density at radius 2 is 1.90 bits per heavy atom. The smallest absolute Gasteiger partial charge is 0.313 e. The minimum atomic E-state index is -0.849. The lowest BCUT2D eigenvalue weighted by Crippen LogP contribution is -2.21. The summed E-state index contributed by atoms with van der Waals surface area (Å²) in [7, 11) is 0. The third kappa shape index (κ3) is 8.58. The molecule has 0 aromatic heterocycles. The molecule has 5 heteroatoms. The first kappa shape index (κ1) is 27.1. The predicted molar refractivity (Wildman–Crippen MR) is 124 cm³/mol. The van der Waals surface area contributed by atoms with E-state index in [2.05, 4.69) is 6.92 Å². The van der Waals surface area contributed by atoms with Gasteiger partial charge < -0.3 is 14.9 Å². The zero-order valence-electron chi connectivity index (χ0n) is 19.9. The number of esters is 1. The SMILES string of the molecule is CCCCC(C=CC=C(C)C1OC(=O)C(C=C(C)C=CC(O)C(C)C(C)=O)C1C)CO. The lowest BCUT2D eigenvalue weighted by atomic mass is 9.87. The Kier molecular flexibility index (Phi) is 11.7. The van der Waals surface area contributed by atoms with Gasteiger partial charge in [-0.2, -0.15) is 0 Å². The number of Topliss-reactive ketones (excluding diaryl/α,β-unsaturated/α-hetero) is 1. The van der Waals surface area contributed by atoms with E-state index in [9.17, 15) is 19.8 Å². The zero-order chi connectivity index (χ0) is 23.6. The molecule has 31 heavy (non-hydrogen) atoms. The summed E-state index contributed by atoms with van der Waals surface area (Å²) in [5.41, 5.74) is 1.81. The molecule has 1 fully saturated rings. The molecule has 0 bridgehead atoms. The molecule has 0 amide bonds. The van der Waals surface area contributed by atoms with E-state index in [1.54, 1.807) is 19.1 Å². The van der Waals surface area contributed by atoms with E-state index in [1.165, 1.54) is 6.92 Å². The molecule has 6 unspecified atom stereocenters. The Morgan fingerprint density at radius 3 is 2.48 bits per heavy atom. The highest BCUT2D eigenvalue weighted by Crippen LogP contribution is 2.34. The van der Waals surface area contributed by atoms with Crippen molar-refractivity contribution in [1.82, 2.24) is 0 Å². The Labute approximate surface area is 187 Å². The number of hydrogen-bond donors (Lipinski definition) is 2. The Hall–Kier alpha value is -1.98. The van der Waals surface area contributed by atoms with E-state index >= 15 is 0 Å². The van der Waals surface area contributed by atoms with Gasteiger partial charge in [-0.15, -0.1) is 0 Å². The predicted octanol–water partition coefficient (Wildman–Crippen LogP) is 4.55. The summed E-state index contributed by atoms with van der Waals surface area (Å²) < 4.78 is 5.64. The van der Waals surface area contributed by atoms with Crippen molar-refractivity contribution in [3.8, 4) is 0 Å². The minimum absolute atomic E-state index is 0.0182. The summed E-state index contributed by atoms with van der Waals surface area (Å²) in [6, 6.07) is 0. The first-order valence-electron chi connectivity index (χ1n) is 11.3. The summed E-state index contributed by atoms with van der Waals surface area (Å²) in [4.78, 5) is 23.8. The molecular formula is C26H40O5. The number of carbonyl (C=O) groups is 2. The van der Waals surface area contributed by atoms with Gasteiger partial charge in [-0.25, -0.2) is 0 Å². The maximum atomic E-state index is 12.5. The molecule has 6 atom stereocenters. The average Bonchev–Trinajstić information content (AvgIpc) is 3.01. The topological polar surface area (TPSA) is 83.8 Å². The number of aliphatic hydroxyl groups excluding tert-OH is 2. The quantitative estimate of drug-likeness (QED) is 0.349. The van der Waals surface area contributed by atoms with E-state index in [0.717, 1.165) is 30.4 Å². The molecule has 0 spiro atoms. The Bertz CT molecular complexity index is 715. The molecule has 2 N–H and O–H groups in total. The number of hydrogen-bond acceptors (Lipinski definition) is 5. The second-order valence-corrected chi connectivity index (χ2v) is 8.78. The standard InChI is InChI=1S/C26H40O5/c1-7-8-11-22(16-27)12-9-10-18(3)25-20(5)23(26(30)31-25)15-17(2)13-14-24(29)19(4)21(6)28/h9-10,12-15,19-20,22-25,27,29H,7-8,11,16H2,1-6H3. The molecule has 1 saturated heterocycles. The van der Waals surface area contributed by atoms with Gasteiger partial charge in [0.15, 0.2) is 0 Å². The lowest BCUT2D eigenvalue weighted by Gasteiger charge is -2.16. The number of ether oxygens (including phenoxy) is 1. The highest BCUT2D eigenvalue weighted by atomic mass is 16.6. The van der Waals surface area contributed by atoms with Crippen LogP contribution in [0.15, 0.2) is 47.6 Å². The second kappa shape index (κ2) is 13.4. The van der Waals surface area contributed by atoms with Gasteiger partial charge in [0.25, 0.3) is 0 Å². The van der Waals surface area contributed by atoms with Gasteiger partial charge in [0.05, 0.1) is 12.0 Å². The van der Waals surface area contributed by atoms with Crippen LogP contribution in [0.4, 0.5) is 0 Å². The third-order valence-electron chi connectivity index (χ3n) is 6.07. The molecule has 174 valence electrons. The Morgan fingerprint density at radius 1 is 1.23 bits per heavy atom. The van der Waals surface area contributed by atoms with E-state index in [4.69, 9.17) is 4.74 Å². The Balaban J connectivity index is 2.81. The van der Waals surface area contributed by atoms with Gasteiger partial charge in [0, 0.05) is 24.4 Å². The molecule has 1 heterocycles. The number of unbranched alkanes of at least 4 members (excludes halogenated alkanes) is 1. The molecule has 0 aromatic rings. The largest absolute Gasteiger partial charge is 0.457 e. The first-order chi connectivity index (χ1) is 14.6. The molecule has 5 nitrogen and oxygen atoms in total. The molecule has 1 rings (SSSR count). The summed E-state index contributed by atoms with van der Waals surface area (Å²) in [6.45, 7) is 11.2. The lowest BCUT2D eigenvalue weighted by molar-refractivity contribution is -0.142. The van der Waals surface area contributed by atoms with Crippen LogP contribution in [-0.2, 0) is 14.3 Å². The third-order valence-corrected chi connectivity index (χ3v) is 6.07. The number of aliphatic hydroxyl groups is 2. The minimum Gasteiger partial charge on any atom is -0.457 e. The molecule has 0 aromatic carbocycles. The van der Waals surface area contributed by atoms with Crippen molar-refractivity contribution in [1.29, 1.82) is 0 Å². The highest BCUT2D eigenvalue weighted by molar-refractivity contribution is 5.79. The highest BCUT2D eigenvalue weighted by Gasteiger charge is 2.41. The average molecular weight is 433 g/mol. The first-order valence-corrected chi connectivity index (χ1v) is 11.3. The van der Waals surface area contributed by atoms with Crippen LogP contribution in [0.2, 0.25) is 0 Å². The number of allylic oxidation sites excluding steroid dienone is 4. The number of ketones is 1. The van der Waals surface area contributed by atoms with Crippen LogP contribution in [0.5, 0.6) is 0 Å². The van der Waals surface area contributed by atoms with Gasteiger partial charge in [-0.1, -0.05) is 75.6 Å². The summed E-state index contributed by atoms with van der Waals surface area (Å²) in [5, 5.41) is 19.5. The molecule has 0 aliphatic carbocycles. The van der Waals surface area contributed by atoms with Crippen LogP contribution < -0.4 is 0 Å². The molecule has 0 saturated carbocycles. The monoisotopic (exact) mass is 432 g/mol. The van der Waals surface area contributed by atoms with Crippen molar-refractivity contribution in [2.45, 2.75) is 73.0 Å². The van der Waals surface area contributed by atoms with E-state index < -0.39 is 12.0 Å². The molecule has 1 aliphatic heterocycles. The second-order valence-electron chi connectivity index (χ2n) is 8.78. The number of rotatable bonds is 12. The van der Waals surface area contributed by atoms with Gasteiger partial charge in [0.2, 0.25) is 0 Å². The van der Waals surface area contributed by atoms with Crippen LogP contribution >= 0.6 is 0 Å². The van der Waals surface area contributed by atoms with Crippen molar-refractivity contribution in [3.63, 3.8) is 0 Å². The fraction of sp³-hybridized carbons (Fsp3) is 0.615. The van der Waals surface area contributed by atoms with Crippen LogP contribution in [0.25, 0.3) is 0 Å². The van der Waals surface area contributed by atoms with Gasteiger partial charge in [0.1, 0.15) is 11.9 Å². The fourth-order valence-electron chi connectivity index (χ4n) is 3.61. The van der Waals surface area contributed by atoms with E-state index in [1.807, 2.05) is 45.1 Å². The molecule has 1 aliphatic rings. The summed E-state index contributed by atoms with van der Waals surface area (Å²) in [6.07, 6.45) is 13.1. The van der Waals surface area contributed by atoms with Gasteiger partial charge in [-0.05, 0) is 32.8 Å². The fourth-order valence-corrected chi connectivity index (χ4v) is 3.61.